The number of nitrogens with two attached hydrogens (primary N) is 1. The maximum atomic E-state index is 7.26. The van der Waals surface area contributed by atoms with Crippen LogP contribution in [0.2, 0.25) is 0 Å². The average molecular weight is 354 g/mol. The third kappa shape index (κ3) is 5.86. The first-order valence-electron chi connectivity index (χ1n) is 8.53. The van der Waals surface area contributed by atoms with Gasteiger partial charge in [-0.25, -0.2) is 9.97 Å². The zero-order valence-corrected chi connectivity index (χ0v) is 15.1. The van der Waals surface area contributed by atoms with Crippen LogP contribution in [0, 0.1) is 5.41 Å². The van der Waals surface area contributed by atoms with Crippen molar-refractivity contribution in [1.29, 1.82) is 5.41 Å². The Hall–Kier alpha value is -2.93. The van der Waals surface area contributed by atoms with Gasteiger partial charge in [-0.15, -0.1) is 0 Å². The van der Waals surface area contributed by atoms with E-state index in [1.54, 1.807) is 13.3 Å². The van der Waals surface area contributed by atoms with Gasteiger partial charge in [-0.05, 0) is 43.1 Å². The first-order valence-corrected chi connectivity index (χ1v) is 8.53. The number of hydrogen-bond acceptors (Lipinski definition) is 7. The van der Waals surface area contributed by atoms with Crippen LogP contribution >= 0.6 is 0 Å². The number of hydrogen-bond donors (Lipinski definition) is 4. The normalized spacial score (nSPS) is 10.3. The molecule has 0 bridgehead atoms. The fraction of sp³-hybridized carbons (Fsp3) is 0.316. The molecule has 0 atom stereocenters. The Kier molecular flexibility index (Phi) is 7.57. The molecule has 5 N–H and O–H groups in total. The van der Waals surface area contributed by atoms with Gasteiger partial charge in [-0.2, -0.15) is 0 Å². The molecule has 2 aromatic rings. The minimum Gasteiger partial charge on any atom is -0.481 e. The van der Waals surface area contributed by atoms with Gasteiger partial charge in [0.1, 0.15) is 5.82 Å². The van der Waals surface area contributed by atoms with E-state index < -0.39 is 0 Å². The molecule has 2 aromatic heterocycles. The molecule has 0 saturated heterocycles. The summed E-state index contributed by atoms with van der Waals surface area (Å²) in [5, 5.41) is 14.0. The molecule has 26 heavy (non-hydrogen) atoms. The molecule has 0 spiro atoms. The van der Waals surface area contributed by atoms with Crippen LogP contribution in [-0.4, -0.2) is 42.9 Å². The molecule has 138 valence electrons. The zero-order chi connectivity index (χ0) is 18.8. The average Bonchev–Trinajstić information content (AvgIpc) is 2.68. The van der Waals surface area contributed by atoms with Crippen molar-refractivity contribution in [3.63, 3.8) is 0 Å². The van der Waals surface area contributed by atoms with Gasteiger partial charge in [-0.1, -0.05) is 12.6 Å². The van der Waals surface area contributed by atoms with Crippen molar-refractivity contribution in [3.8, 4) is 5.88 Å². The summed E-state index contributed by atoms with van der Waals surface area (Å²) in [6.45, 7) is 6.38. The number of rotatable bonds is 11. The summed E-state index contributed by atoms with van der Waals surface area (Å²) in [5.74, 6) is 1.08. The van der Waals surface area contributed by atoms with E-state index in [-0.39, 0.29) is 0 Å². The summed E-state index contributed by atoms with van der Waals surface area (Å²) in [6.07, 6.45) is 6.56. The fourth-order valence-corrected chi connectivity index (χ4v) is 2.35. The van der Waals surface area contributed by atoms with Crippen molar-refractivity contribution in [2.24, 2.45) is 0 Å². The molecule has 0 saturated carbocycles. The van der Waals surface area contributed by atoms with Gasteiger partial charge in [0.05, 0.1) is 12.8 Å². The number of allylic oxidation sites excluding steroid dienone is 1. The predicted molar refractivity (Wildman–Crippen MR) is 107 cm³/mol. The van der Waals surface area contributed by atoms with E-state index in [9.17, 15) is 0 Å². The lowest BCUT2D eigenvalue weighted by Crippen LogP contribution is -2.21. The monoisotopic (exact) mass is 354 g/mol. The molecular weight excluding hydrogens is 328 g/mol. The van der Waals surface area contributed by atoms with E-state index in [4.69, 9.17) is 15.9 Å². The Morgan fingerprint density at radius 2 is 2.12 bits per heavy atom. The van der Waals surface area contributed by atoms with Crippen LogP contribution in [0.1, 0.15) is 17.5 Å². The summed E-state index contributed by atoms with van der Waals surface area (Å²) in [4.78, 5) is 8.34. The van der Waals surface area contributed by atoms with E-state index in [2.05, 4.69) is 27.2 Å². The fourth-order valence-electron chi connectivity index (χ4n) is 2.35. The summed E-state index contributed by atoms with van der Waals surface area (Å²) in [6, 6.07) is 5.78. The number of aromatic nitrogens is 2. The highest BCUT2D eigenvalue weighted by Crippen LogP contribution is 2.20. The number of nitrogens with one attached hydrogen (secondary N) is 3. The summed E-state index contributed by atoms with van der Waals surface area (Å²) < 4.78 is 5.05. The second kappa shape index (κ2) is 10.1. The smallest absolute Gasteiger partial charge is 0.212 e. The highest BCUT2D eigenvalue weighted by Gasteiger charge is 2.04. The van der Waals surface area contributed by atoms with Gasteiger partial charge in [0, 0.05) is 36.8 Å². The van der Waals surface area contributed by atoms with E-state index in [0.29, 0.717) is 17.3 Å². The van der Waals surface area contributed by atoms with Gasteiger partial charge in [0.2, 0.25) is 5.88 Å². The van der Waals surface area contributed by atoms with Gasteiger partial charge in [0.25, 0.3) is 0 Å². The number of anilines is 2. The van der Waals surface area contributed by atoms with Crippen LogP contribution in [-0.2, 0) is 6.42 Å². The highest BCUT2D eigenvalue weighted by molar-refractivity contribution is 6.07. The van der Waals surface area contributed by atoms with Gasteiger partial charge >= 0.3 is 0 Å². The molecule has 0 radical (unpaired) electrons. The Morgan fingerprint density at radius 1 is 1.27 bits per heavy atom. The molecule has 0 aliphatic rings. The predicted octanol–water partition coefficient (Wildman–Crippen LogP) is 2.36. The molecule has 2 rings (SSSR count). The molecule has 7 heteroatoms. The molecule has 7 nitrogen and oxygen atoms in total. The number of nitrogen functional groups attached to an aromatic ring is 1. The molecule has 0 amide bonds. The van der Waals surface area contributed by atoms with E-state index >= 15 is 0 Å². The maximum absolute atomic E-state index is 7.26. The minimum absolute atomic E-state index is 0.450. The summed E-state index contributed by atoms with van der Waals surface area (Å²) >= 11 is 0. The second-order valence-corrected chi connectivity index (χ2v) is 5.82. The second-order valence-electron chi connectivity index (χ2n) is 5.82. The molecule has 0 aliphatic carbocycles. The van der Waals surface area contributed by atoms with Gasteiger partial charge < -0.3 is 26.5 Å². The number of pyridine rings is 2. The maximum Gasteiger partial charge on any atom is 0.212 e. The Bertz CT molecular complexity index is 729. The molecule has 2 heterocycles. The standard InChI is InChI=1S/C19H26N6O/c1-14(11-20)16-10-17(19(21)25-13-16)23-8-3-7-22-9-6-15-4-5-18(26-2)24-12-15/h4-5,10-13,20,22-23H,1,3,6-9H2,2H3,(H2,21,25). The quantitative estimate of drug-likeness (QED) is 0.364. The van der Waals surface area contributed by atoms with Crippen molar-refractivity contribution in [1.82, 2.24) is 15.3 Å². The summed E-state index contributed by atoms with van der Waals surface area (Å²) in [5.41, 5.74) is 9.24. The topological polar surface area (TPSA) is 109 Å². The largest absolute Gasteiger partial charge is 0.481 e. The van der Waals surface area contributed by atoms with Crippen LogP contribution in [0.5, 0.6) is 5.88 Å². The van der Waals surface area contributed by atoms with Crippen molar-refractivity contribution in [2.75, 3.05) is 37.8 Å². The SMILES string of the molecule is C=C(C=N)c1cnc(N)c(NCCCNCCc2ccc(OC)nc2)c1. The Labute approximate surface area is 154 Å². The van der Waals surface area contributed by atoms with Crippen LogP contribution in [0.4, 0.5) is 11.5 Å². The lowest BCUT2D eigenvalue weighted by Gasteiger charge is -2.11. The summed E-state index contributed by atoms with van der Waals surface area (Å²) in [7, 11) is 1.61. The number of methoxy groups -OCH3 is 1. The lowest BCUT2D eigenvalue weighted by molar-refractivity contribution is 0.397. The third-order valence-electron chi connectivity index (χ3n) is 3.91. The van der Waals surface area contributed by atoms with Crippen molar-refractivity contribution < 1.29 is 4.74 Å². The van der Waals surface area contributed by atoms with E-state index in [1.807, 2.05) is 24.4 Å². The first kappa shape index (κ1) is 19.4. The molecule has 0 aromatic carbocycles. The van der Waals surface area contributed by atoms with Crippen molar-refractivity contribution in [3.05, 3.63) is 48.3 Å². The minimum atomic E-state index is 0.450. The van der Waals surface area contributed by atoms with Crippen LogP contribution < -0.4 is 21.1 Å². The van der Waals surface area contributed by atoms with Crippen LogP contribution in [0.3, 0.4) is 0 Å². The molecular formula is C19H26N6O. The van der Waals surface area contributed by atoms with E-state index in [1.165, 1.54) is 11.8 Å². The molecule has 0 unspecified atom stereocenters. The number of ether oxygens (including phenoxy) is 1. The lowest BCUT2D eigenvalue weighted by atomic mass is 10.1. The van der Waals surface area contributed by atoms with Gasteiger partial charge in [-0.3, -0.25) is 0 Å². The highest BCUT2D eigenvalue weighted by atomic mass is 16.5. The number of nitrogens with zero attached hydrogens (tertiary/aromatic N) is 2. The first-order chi connectivity index (χ1) is 12.6. The third-order valence-corrected chi connectivity index (χ3v) is 3.91. The van der Waals surface area contributed by atoms with Gasteiger partial charge in [0.15, 0.2) is 0 Å². The van der Waals surface area contributed by atoms with Crippen LogP contribution in [0.25, 0.3) is 5.57 Å². The van der Waals surface area contributed by atoms with Crippen molar-refractivity contribution >= 4 is 23.3 Å². The van der Waals surface area contributed by atoms with Crippen molar-refractivity contribution in [2.45, 2.75) is 12.8 Å². The zero-order valence-electron chi connectivity index (χ0n) is 15.1. The Balaban J connectivity index is 1.66. The van der Waals surface area contributed by atoms with Crippen LogP contribution in [0.15, 0.2) is 37.2 Å². The Morgan fingerprint density at radius 3 is 2.81 bits per heavy atom. The molecule has 0 fully saturated rings. The van der Waals surface area contributed by atoms with E-state index in [0.717, 1.165) is 43.7 Å². The molecule has 0 aliphatic heterocycles.